The molecule has 0 fully saturated rings. The van der Waals surface area contributed by atoms with Gasteiger partial charge in [-0.15, -0.1) is 0 Å². The van der Waals surface area contributed by atoms with E-state index < -0.39 is 9.84 Å². The lowest BCUT2D eigenvalue weighted by molar-refractivity contribution is 0.295. The summed E-state index contributed by atoms with van der Waals surface area (Å²) in [6.45, 7) is 6.05. The zero-order valence-corrected chi connectivity index (χ0v) is 20.7. The topological polar surface area (TPSA) is 105 Å². The molecular weight excluding hydrogens is 462 g/mol. The number of ether oxygens (including phenoxy) is 1. The average molecular weight is 490 g/mol. The molecule has 0 bridgehead atoms. The molecule has 180 valence electrons. The molecule has 0 radical (unpaired) electrons. The van der Waals surface area contributed by atoms with Crippen molar-refractivity contribution in [2.45, 2.75) is 37.5 Å². The fourth-order valence-corrected chi connectivity index (χ4v) is 5.23. The Balaban J connectivity index is 1.75. The maximum absolute atomic E-state index is 12.5. The fraction of sp³-hybridized carbons (Fsp3) is 0.259. The Morgan fingerprint density at radius 2 is 1.77 bits per heavy atom. The summed E-state index contributed by atoms with van der Waals surface area (Å²) >= 11 is 0. The third kappa shape index (κ3) is 5.06. The van der Waals surface area contributed by atoms with Gasteiger partial charge in [-0.05, 0) is 48.9 Å². The summed E-state index contributed by atoms with van der Waals surface area (Å²) in [4.78, 5) is 4.98. The number of rotatable bonds is 7. The molecule has 0 aliphatic carbocycles. The first kappa shape index (κ1) is 24.5. The lowest BCUT2D eigenvalue weighted by Gasteiger charge is -2.18. The van der Waals surface area contributed by atoms with Gasteiger partial charge < -0.3 is 9.84 Å². The number of aromatic nitrogens is 2. The molecule has 4 rings (SSSR count). The second-order valence-electron chi connectivity index (χ2n) is 9.29. The van der Waals surface area contributed by atoms with Gasteiger partial charge in [0.15, 0.2) is 15.5 Å². The van der Waals surface area contributed by atoms with Gasteiger partial charge in [-0.2, -0.15) is 5.26 Å². The van der Waals surface area contributed by atoms with Crippen molar-refractivity contribution in [1.82, 2.24) is 9.38 Å². The summed E-state index contributed by atoms with van der Waals surface area (Å²) in [5.74, 6) is 0.809. The van der Waals surface area contributed by atoms with Crippen LogP contribution < -0.4 is 4.74 Å². The molecule has 0 amide bonds. The number of nitriles is 1. The Morgan fingerprint density at radius 3 is 2.46 bits per heavy atom. The second kappa shape index (κ2) is 9.53. The van der Waals surface area contributed by atoms with E-state index in [-0.39, 0.29) is 29.1 Å². The van der Waals surface area contributed by atoms with Gasteiger partial charge in [-0.3, -0.25) is 4.40 Å². The number of aliphatic hydroxyl groups excluding tert-OH is 1. The van der Waals surface area contributed by atoms with E-state index >= 15 is 0 Å². The minimum absolute atomic E-state index is 0.128. The maximum atomic E-state index is 12.5. The lowest BCUT2D eigenvalue weighted by atomic mass is 9.89. The Bertz CT molecular complexity index is 1530. The second-order valence-corrected chi connectivity index (χ2v) is 11.4. The van der Waals surface area contributed by atoms with E-state index in [0.29, 0.717) is 22.7 Å². The first-order valence-electron chi connectivity index (χ1n) is 11.3. The monoisotopic (exact) mass is 489 g/mol. The highest BCUT2D eigenvalue weighted by atomic mass is 32.2. The van der Waals surface area contributed by atoms with E-state index in [4.69, 9.17) is 14.8 Å². The summed E-state index contributed by atoms with van der Waals surface area (Å²) in [6.07, 6.45) is 2.07. The normalized spacial score (nSPS) is 12.0. The molecule has 0 aliphatic rings. The Morgan fingerprint density at radius 1 is 1.06 bits per heavy atom. The Kier molecular flexibility index (Phi) is 6.66. The number of benzene rings is 2. The summed E-state index contributed by atoms with van der Waals surface area (Å²) in [7, 11) is -3.51. The number of aliphatic hydroxyl groups is 1. The molecule has 2 aromatic carbocycles. The van der Waals surface area contributed by atoms with Crippen molar-refractivity contribution in [1.29, 1.82) is 5.26 Å². The Labute approximate surface area is 205 Å². The quantitative estimate of drug-likeness (QED) is 0.386. The summed E-state index contributed by atoms with van der Waals surface area (Å²) in [5, 5.41) is 18.6. The van der Waals surface area contributed by atoms with Crippen molar-refractivity contribution in [3.05, 3.63) is 78.1 Å². The Hall–Kier alpha value is -3.67. The number of hydrogen-bond acceptors (Lipinski definition) is 6. The average Bonchev–Trinajstić information content (AvgIpc) is 3.24. The molecule has 0 saturated carbocycles. The predicted molar refractivity (Wildman–Crippen MR) is 134 cm³/mol. The third-order valence-electron chi connectivity index (χ3n) is 5.56. The van der Waals surface area contributed by atoms with Crippen LogP contribution in [0.4, 0.5) is 0 Å². The van der Waals surface area contributed by atoms with Crippen LogP contribution in [0.5, 0.6) is 11.5 Å². The summed E-state index contributed by atoms with van der Waals surface area (Å²) in [5.41, 5.74) is 3.41. The molecule has 7 nitrogen and oxygen atoms in total. The molecule has 0 saturated heterocycles. The zero-order chi connectivity index (χ0) is 25.2. The number of sulfone groups is 1. The van der Waals surface area contributed by atoms with Crippen LogP contribution in [0.2, 0.25) is 0 Å². The van der Waals surface area contributed by atoms with Gasteiger partial charge in [0.25, 0.3) is 0 Å². The lowest BCUT2D eigenvalue weighted by Crippen LogP contribution is -2.13. The molecule has 0 unspecified atom stereocenters. The summed E-state index contributed by atoms with van der Waals surface area (Å²) < 4.78 is 33.0. The number of hydrogen-bond donors (Lipinski definition) is 1. The van der Waals surface area contributed by atoms with E-state index in [1.807, 2.05) is 34.9 Å². The van der Waals surface area contributed by atoms with Crippen LogP contribution in [0.15, 0.2) is 71.8 Å². The van der Waals surface area contributed by atoms with Gasteiger partial charge >= 0.3 is 0 Å². The third-order valence-corrected chi connectivity index (χ3v) is 7.36. The SMILES string of the molecule is CC(C)(C)c1nc2c(C#N)cccn2c1-c1cccc(Oc2cccc(S(=O)(=O)CCCO)c2)c1. The van der Waals surface area contributed by atoms with Crippen molar-refractivity contribution in [2.75, 3.05) is 12.4 Å². The molecule has 0 aliphatic heterocycles. The van der Waals surface area contributed by atoms with Crippen molar-refractivity contribution in [3.8, 4) is 28.8 Å². The van der Waals surface area contributed by atoms with E-state index in [0.717, 1.165) is 17.0 Å². The highest BCUT2D eigenvalue weighted by molar-refractivity contribution is 7.91. The first-order chi connectivity index (χ1) is 16.6. The molecular formula is C27H27N3O4S. The van der Waals surface area contributed by atoms with Crippen molar-refractivity contribution < 1.29 is 18.3 Å². The van der Waals surface area contributed by atoms with E-state index in [1.54, 1.807) is 24.3 Å². The van der Waals surface area contributed by atoms with Gasteiger partial charge in [-0.25, -0.2) is 13.4 Å². The maximum Gasteiger partial charge on any atom is 0.178 e. The minimum Gasteiger partial charge on any atom is -0.457 e. The molecule has 0 spiro atoms. The molecule has 4 aromatic rings. The highest BCUT2D eigenvalue weighted by Crippen LogP contribution is 2.36. The van der Waals surface area contributed by atoms with Crippen molar-refractivity contribution >= 4 is 15.5 Å². The highest BCUT2D eigenvalue weighted by Gasteiger charge is 2.26. The smallest absolute Gasteiger partial charge is 0.178 e. The summed E-state index contributed by atoms with van der Waals surface area (Å²) in [6, 6.07) is 19.7. The van der Waals surface area contributed by atoms with Crippen LogP contribution >= 0.6 is 0 Å². The van der Waals surface area contributed by atoms with Crippen LogP contribution in [0.1, 0.15) is 38.4 Å². The van der Waals surface area contributed by atoms with Gasteiger partial charge in [0.2, 0.25) is 0 Å². The predicted octanol–water partition coefficient (Wildman–Crippen LogP) is 5.12. The number of fused-ring (bicyclic) bond motifs is 1. The molecule has 2 heterocycles. The van der Waals surface area contributed by atoms with Crippen LogP contribution in [-0.4, -0.2) is 35.3 Å². The van der Waals surface area contributed by atoms with Gasteiger partial charge in [0, 0.05) is 23.8 Å². The number of imidazole rings is 1. The minimum atomic E-state index is -3.51. The van der Waals surface area contributed by atoms with Crippen molar-refractivity contribution in [3.63, 3.8) is 0 Å². The van der Waals surface area contributed by atoms with Gasteiger partial charge in [0.05, 0.1) is 27.6 Å². The van der Waals surface area contributed by atoms with E-state index in [2.05, 4.69) is 26.8 Å². The molecule has 2 aromatic heterocycles. The zero-order valence-electron chi connectivity index (χ0n) is 19.9. The largest absolute Gasteiger partial charge is 0.457 e. The van der Waals surface area contributed by atoms with Crippen LogP contribution in [0, 0.1) is 11.3 Å². The van der Waals surface area contributed by atoms with E-state index in [1.165, 1.54) is 12.1 Å². The van der Waals surface area contributed by atoms with Gasteiger partial charge in [0.1, 0.15) is 17.6 Å². The van der Waals surface area contributed by atoms with Crippen molar-refractivity contribution in [2.24, 2.45) is 0 Å². The van der Waals surface area contributed by atoms with Crippen LogP contribution in [0.25, 0.3) is 16.9 Å². The van der Waals surface area contributed by atoms with E-state index in [9.17, 15) is 13.7 Å². The van der Waals surface area contributed by atoms with Crippen LogP contribution in [-0.2, 0) is 15.3 Å². The molecule has 35 heavy (non-hydrogen) atoms. The number of pyridine rings is 1. The molecule has 8 heteroatoms. The number of nitrogens with zero attached hydrogens (tertiary/aromatic N) is 3. The molecule has 0 atom stereocenters. The standard InChI is InChI=1S/C27H27N3O4S/c1-27(2,3)25-24(30-13-6-9-20(18-28)26(30)29-25)19-8-4-10-21(16-19)34-22-11-5-12-23(17-22)35(32,33)15-7-14-31/h4-6,8-13,16-17,31H,7,14-15H2,1-3H3. The molecule has 1 N–H and O–H groups in total. The van der Waals surface area contributed by atoms with Crippen LogP contribution in [0.3, 0.4) is 0 Å². The fourth-order valence-electron chi connectivity index (χ4n) is 3.90. The first-order valence-corrected chi connectivity index (χ1v) is 12.9. The van der Waals surface area contributed by atoms with Gasteiger partial charge in [-0.1, -0.05) is 39.0 Å².